The Morgan fingerprint density at radius 1 is 0.808 bits per heavy atom. The molecule has 0 radical (unpaired) electrons. The van der Waals surface area contributed by atoms with Gasteiger partial charge in [0, 0.05) is 17.1 Å². The summed E-state index contributed by atoms with van der Waals surface area (Å²) in [6.07, 6.45) is -0.583. The number of aryl methyl sites for hydroxylation is 1. The van der Waals surface area contributed by atoms with Crippen molar-refractivity contribution < 1.29 is 9.53 Å². The minimum atomic E-state index is -0.583. The van der Waals surface area contributed by atoms with E-state index in [9.17, 15) is 4.79 Å². The zero-order valence-corrected chi connectivity index (χ0v) is 14.9. The van der Waals surface area contributed by atoms with Crippen LogP contribution in [0.25, 0.3) is 0 Å². The molecule has 0 bridgehead atoms. The number of ether oxygens (including phenoxy) is 1. The summed E-state index contributed by atoms with van der Waals surface area (Å²) >= 11 is 0. The van der Waals surface area contributed by atoms with Crippen LogP contribution in [0.2, 0.25) is 0 Å². The molecule has 0 aliphatic heterocycles. The number of carbonyl (C=O) groups excluding carboxylic acids is 1. The minimum Gasteiger partial charge on any atom is -0.481 e. The molecule has 3 aromatic rings. The fraction of sp³-hybridized carbons (Fsp3) is 0.136. The van der Waals surface area contributed by atoms with Gasteiger partial charge in [0.15, 0.2) is 6.10 Å². The van der Waals surface area contributed by atoms with Crippen molar-refractivity contribution in [3.63, 3.8) is 0 Å². The van der Waals surface area contributed by atoms with E-state index in [1.54, 1.807) is 6.92 Å². The Morgan fingerprint density at radius 2 is 1.38 bits per heavy atom. The van der Waals surface area contributed by atoms with Crippen LogP contribution in [-0.4, -0.2) is 12.0 Å². The normalized spacial score (nSPS) is 11.5. The van der Waals surface area contributed by atoms with Crippen LogP contribution in [0.5, 0.6) is 5.75 Å². The van der Waals surface area contributed by atoms with E-state index in [1.165, 1.54) is 0 Å². The van der Waals surface area contributed by atoms with E-state index in [0.29, 0.717) is 5.75 Å². The standard InChI is InChI=1S/C22H22N2O2/c1-16-8-14-21(15-9-16)26-17(2)22(25)24-20-12-10-19(11-13-20)23-18-6-4-3-5-7-18/h3-15,17,23H,1-2H3,(H,24,25)/t17-/m1/s1. The van der Waals surface area contributed by atoms with Gasteiger partial charge in [-0.3, -0.25) is 4.79 Å². The van der Waals surface area contributed by atoms with Gasteiger partial charge in [0.05, 0.1) is 0 Å². The van der Waals surface area contributed by atoms with Crippen LogP contribution < -0.4 is 15.4 Å². The molecule has 0 saturated heterocycles. The van der Waals surface area contributed by atoms with E-state index >= 15 is 0 Å². The molecule has 132 valence electrons. The second kappa shape index (κ2) is 8.21. The third-order valence-corrected chi connectivity index (χ3v) is 3.92. The van der Waals surface area contributed by atoms with Crippen LogP contribution in [0.15, 0.2) is 78.9 Å². The maximum absolute atomic E-state index is 12.3. The summed E-state index contributed by atoms with van der Waals surface area (Å²) in [7, 11) is 0. The van der Waals surface area contributed by atoms with Gasteiger partial charge >= 0.3 is 0 Å². The number of anilines is 3. The van der Waals surface area contributed by atoms with Crippen molar-refractivity contribution >= 4 is 23.0 Å². The van der Waals surface area contributed by atoms with E-state index in [1.807, 2.05) is 85.8 Å². The Hall–Kier alpha value is -3.27. The molecule has 0 aliphatic carbocycles. The molecule has 2 N–H and O–H groups in total. The molecule has 3 rings (SSSR count). The molecule has 0 aliphatic rings. The summed E-state index contributed by atoms with van der Waals surface area (Å²) in [5.41, 5.74) is 3.86. The molecular formula is C22H22N2O2. The minimum absolute atomic E-state index is 0.186. The van der Waals surface area contributed by atoms with Gasteiger partial charge in [-0.1, -0.05) is 35.9 Å². The van der Waals surface area contributed by atoms with Crippen LogP contribution in [0.4, 0.5) is 17.1 Å². The van der Waals surface area contributed by atoms with Gasteiger partial charge in [-0.15, -0.1) is 0 Å². The monoisotopic (exact) mass is 346 g/mol. The lowest BCUT2D eigenvalue weighted by Gasteiger charge is -2.15. The highest BCUT2D eigenvalue weighted by atomic mass is 16.5. The van der Waals surface area contributed by atoms with E-state index in [0.717, 1.165) is 22.6 Å². The lowest BCUT2D eigenvalue weighted by atomic mass is 10.2. The van der Waals surface area contributed by atoms with Crippen LogP contribution >= 0.6 is 0 Å². The quantitative estimate of drug-likeness (QED) is 0.649. The Balaban J connectivity index is 1.56. The summed E-state index contributed by atoms with van der Waals surface area (Å²) < 4.78 is 5.68. The Kier molecular flexibility index (Phi) is 5.54. The summed E-state index contributed by atoms with van der Waals surface area (Å²) in [5.74, 6) is 0.495. The maximum atomic E-state index is 12.3. The number of hydrogen-bond donors (Lipinski definition) is 2. The predicted octanol–water partition coefficient (Wildman–Crippen LogP) is 5.14. The van der Waals surface area contributed by atoms with E-state index in [4.69, 9.17) is 4.74 Å². The average Bonchev–Trinajstić information content (AvgIpc) is 2.66. The SMILES string of the molecule is Cc1ccc(O[C@H](C)C(=O)Nc2ccc(Nc3ccccc3)cc2)cc1. The summed E-state index contributed by atoms with van der Waals surface area (Å²) in [5, 5.41) is 6.18. The Labute approximate surface area is 153 Å². The van der Waals surface area contributed by atoms with Crippen LogP contribution in [0.1, 0.15) is 12.5 Å². The smallest absolute Gasteiger partial charge is 0.265 e. The zero-order valence-electron chi connectivity index (χ0n) is 14.9. The first kappa shape index (κ1) is 17.5. The van der Waals surface area contributed by atoms with Crippen molar-refractivity contribution in [3.8, 4) is 5.75 Å². The van der Waals surface area contributed by atoms with E-state index in [-0.39, 0.29) is 5.91 Å². The second-order valence-electron chi connectivity index (χ2n) is 6.13. The first-order valence-electron chi connectivity index (χ1n) is 8.56. The molecule has 3 aromatic carbocycles. The summed E-state index contributed by atoms with van der Waals surface area (Å²) in [4.78, 5) is 12.3. The molecule has 0 unspecified atom stereocenters. The highest BCUT2D eigenvalue weighted by molar-refractivity contribution is 5.94. The van der Waals surface area contributed by atoms with Crippen molar-refractivity contribution in [1.29, 1.82) is 0 Å². The first-order valence-corrected chi connectivity index (χ1v) is 8.56. The lowest BCUT2D eigenvalue weighted by molar-refractivity contribution is -0.122. The second-order valence-corrected chi connectivity index (χ2v) is 6.13. The van der Waals surface area contributed by atoms with Crippen molar-refractivity contribution in [3.05, 3.63) is 84.4 Å². The fourth-order valence-corrected chi connectivity index (χ4v) is 2.44. The average molecular weight is 346 g/mol. The molecule has 4 heteroatoms. The van der Waals surface area contributed by atoms with Gasteiger partial charge in [0.2, 0.25) is 0 Å². The zero-order chi connectivity index (χ0) is 18.4. The number of carbonyl (C=O) groups is 1. The topological polar surface area (TPSA) is 50.4 Å². The molecule has 1 atom stereocenters. The third-order valence-electron chi connectivity index (χ3n) is 3.92. The van der Waals surface area contributed by atoms with Gasteiger partial charge in [-0.2, -0.15) is 0 Å². The molecule has 1 amide bonds. The van der Waals surface area contributed by atoms with Crippen LogP contribution in [-0.2, 0) is 4.79 Å². The van der Waals surface area contributed by atoms with Crippen LogP contribution in [0.3, 0.4) is 0 Å². The van der Waals surface area contributed by atoms with Crippen molar-refractivity contribution in [2.24, 2.45) is 0 Å². The maximum Gasteiger partial charge on any atom is 0.265 e. The molecule has 4 nitrogen and oxygen atoms in total. The predicted molar refractivity (Wildman–Crippen MR) is 106 cm³/mol. The highest BCUT2D eigenvalue weighted by Crippen LogP contribution is 2.19. The van der Waals surface area contributed by atoms with Gasteiger partial charge in [-0.05, 0) is 62.4 Å². The Morgan fingerprint density at radius 3 is 2.04 bits per heavy atom. The number of para-hydroxylation sites is 1. The summed E-state index contributed by atoms with van der Waals surface area (Å²) in [6, 6.07) is 25.1. The molecule has 0 heterocycles. The number of nitrogens with one attached hydrogen (secondary N) is 2. The molecule has 0 aromatic heterocycles. The van der Waals surface area contributed by atoms with Gasteiger partial charge in [0.1, 0.15) is 5.75 Å². The number of hydrogen-bond acceptors (Lipinski definition) is 3. The van der Waals surface area contributed by atoms with Crippen LogP contribution in [0, 0.1) is 6.92 Å². The molecule has 0 spiro atoms. The van der Waals surface area contributed by atoms with Crippen molar-refractivity contribution in [2.45, 2.75) is 20.0 Å². The largest absolute Gasteiger partial charge is 0.481 e. The molecule has 0 fully saturated rings. The molecule has 26 heavy (non-hydrogen) atoms. The highest BCUT2D eigenvalue weighted by Gasteiger charge is 2.14. The molecule has 0 saturated carbocycles. The number of rotatable bonds is 6. The van der Waals surface area contributed by atoms with Gasteiger partial charge in [-0.25, -0.2) is 0 Å². The van der Waals surface area contributed by atoms with E-state index < -0.39 is 6.10 Å². The van der Waals surface area contributed by atoms with E-state index in [2.05, 4.69) is 10.6 Å². The summed E-state index contributed by atoms with van der Waals surface area (Å²) in [6.45, 7) is 3.75. The van der Waals surface area contributed by atoms with Crippen molar-refractivity contribution in [1.82, 2.24) is 0 Å². The van der Waals surface area contributed by atoms with Crippen molar-refractivity contribution in [2.75, 3.05) is 10.6 Å². The number of benzene rings is 3. The van der Waals surface area contributed by atoms with Gasteiger partial charge < -0.3 is 15.4 Å². The fourth-order valence-electron chi connectivity index (χ4n) is 2.44. The first-order chi connectivity index (χ1) is 12.6. The van der Waals surface area contributed by atoms with Gasteiger partial charge in [0.25, 0.3) is 5.91 Å². The molecular weight excluding hydrogens is 324 g/mol. The Bertz CT molecular complexity index is 844. The lowest BCUT2D eigenvalue weighted by Crippen LogP contribution is -2.30. The third kappa shape index (κ3) is 4.86. The number of amides is 1.